The summed E-state index contributed by atoms with van der Waals surface area (Å²) in [5.74, 6) is 0.0424. The lowest BCUT2D eigenvalue weighted by atomic mass is 10.2. The SMILES string of the molecule is CN(Cc1ccccc1)C(=O)c1nc(-c2ccncc2)no1. The van der Waals surface area contributed by atoms with Gasteiger partial charge >= 0.3 is 11.8 Å². The van der Waals surface area contributed by atoms with Crippen LogP contribution in [0.4, 0.5) is 0 Å². The maximum absolute atomic E-state index is 12.3. The Morgan fingerprint density at radius 1 is 1.14 bits per heavy atom. The van der Waals surface area contributed by atoms with E-state index < -0.39 is 0 Å². The van der Waals surface area contributed by atoms with E-state index in [4.69, 9.17) is 4.52 Å². The lowest BCUT2D eigenvalue weighted by molar-refractivity contribution is 0.0735. The zero-order valence-corrected chi connectivity index (χ0v) is 12.0. The van der Waals surface area contributed by atoms with Crippen LogP contribution < -0.4 is 0 Å². The highest BCUT2D eigenvalue weighted by atomic mass is 16.5. The highest BCUT2D eigenvalue weighted by Gasteiger charge is 2.20. The number of hydrogen-bond acceptors (Lipinski definition) is 5. The standard InChI is InChI=1S/C16H14N4O2/c1-20(11-12-5-3-2-4-6-12)16(21)15-18-14(19-22-15)13-7-9-17-10-8-13/h2-10H,11H2,1H3. The number of rotatable bonds is 4. The molecule has 2 aromatic heterocycles. The number of pyridine rings is 1. The smallest absolute Gasteiger partial charge is 0.316 e. The molecule has 1 amide bonds. The number of carbonyl (C=O) groups is 1. The van der Waals surface area contributed by atoms with Crippen LogP contribution in [-0.4, -0.2) is 33.0 Å². The van der Waals surface area contributed by atoms with Crippen molar-refractivity contribution in [1.82, 2.24) is 20.0 Å². The van der Waals surface area contributed by atoms with Gasteiger partial charge in [0.2, 0.25) is 5.82 Å². The largest absolute Gasteiger partial charge is 0.333 e. The Hall–Kier alpha value is -3.02. The Kier molecular flexibility index (Phi) is 3.91. The third kappa shape index (κ3) is 3.01. The summed E-state index contributed by atoms with van der Waals surface area (Å²) >= 11 is 0. The average Bonchev–Trinajstić information content (AvgIpc) is 3.06. The summed E-state index contributed by atoms with van der Waals surface area (Å²) in [5, 5.41) is 3.84. The van der Waals surface area contributed by atoms with E-state index in [-0.39, 0.29) is 11.8 Å². The molecular weight excluding hydrogens is 280 g/mol. The number of benzene rings is 1. The van der Waals surface area contributed by atoms with Gasteiger partial charge in [0.25, 0.3) is 0 Å². The molecule has 110 valence electrons. The molecule has 3 rings (SSSR count). The maximum Gasteiger partial charge on any atom is 0.316 e. The van der Waals surface area contributed by atoms with Crippen LogP contribution in [-0.2, 0) is 6.54 Å². The molecule has 0 unspecified atom stereocenters. The predicted octanol–water partition coefficient (Wildman–Crippen LogP) is 2.40. The molecular formula is C16H14N4O2. The molecule has 0 bridgehead atoms. The fraction of sp³-hybridized carbons (Fsp3) is 0.125. The van der Waals surface area contributed by atoms with Gasteiger partial charge in [-0.2, -0.15) is 4.98 Å². The average molecular weight is 294 g/mol. The van der Waals surface area contributed by atoms with Crippen molar-refractivity contribution in [2.24, 2.45) is 0 Å². The summed E-state index contributed by atoms with van der Waals surface area (Å²) < 4.78 is 5.07. The van der Waals surface area contributed by atoms with Crippen molar-refractivity contribution in [3.63, 3.8) is 0 Å². The summed E-state index contributed by atoms with van der Waals surface area (Å²) in [6.07, 6.45) is 3.27. The van der Waals surface area contributed by atoms with E-state index in [1.54, 1.807) is 36.5 Å². The van der Waals surface area contributed by atoms with Gasteiger partial charge in [0, 0.05) is 31.5 Å². The molecule has 0 aliphatic rings. The zero-order valence-electron chi connectivity index (χ0n) is 12.0. The highest BCUT2D eigenvalue weighted by Crippen LogP contribution is 2.15. The van der Waals surface area contributed by atoms with Gasteiger partial charge in [-0.15, -0.1) is 0 Å². The topological polar surface area (TPSA) is 72.1 Å². The van der Waals surface area contributed by atoms with Gasteiger partial charge in [0.1, 0.15) is 0 Å². The second-order valence-electron chi connectivity index (χ2n) is 4.81. The third-order valence-electron chi connectivity index (χ3n) is 3.16. The van der Waals surface area contributed by atoms with E-state index in [0.29, 0.717) is 12.4 Å². The Morgan fingerprint density at radius 3 is 2.59 bits per heavy atom. The molecule has 1 aromatic carbocycles. The zero-order chi connectivity index (χ0) is 15.4. The first-order chi connectivity index (χ1) is 10.7. The van der Waals surface area contributed by atoms with Crippen molar-refractivity contribution >= 4 is 5.91 Å². The molecule has 2 heterocycles. The van der Waals surface area contributed by atoms with Crippen LogP contribution in [0, 0.1) is 0 Å². The number of nitrogens with zero attached hydrogens (tertiary/aromatic N) is 4. The summed E-state index contributed by atoms with van der Waals surface area (Å²) in [6.45, 7) is 0.479. The summed E-state index contributed by atoms with van der Waals surface area (Å²) in [7, 11) is 1.70. The normalized spacial score (nSPS) is 10.4. The number of carbonyl (C=O) groups excluding carboxylic acids is 1. The van der Waals surface area contributed by atoms with E-state index in [9.17, 15) is 4.79 Å². The predicted molar refractivity (Wildman–Crippen MR) is 79.8 cm³/mol. The number of hydrogen-bond donors (Lipinski definition) is 0. The first-order valence-electron chi connectivity index (χ1n) is 6.77. The summed E-state index contributed by atoms with van der Waals surface area (Å²) in [4.78, 5) is 21.9. The van der Waals surface area contributed by atoms with Crippen LogP contribution in [0.15, 0.2) is 59.4 Å². The van der Waals surface area contributed by atoms with Crippen LogP contribution >= 0.6 is 0 Å². The van der Waals surface area contributed by atoms with E-state index in [1.165, 1.54) is 0 Å². The molecule has 22 heavy (non-hydrogen) atoms. The van der Waals surface area contributed by atoms with Crippen LogP contribution in [0.5, 0.6) is 0 Å². The molecule has 3 aromatic rings. The first-order valence-corrected chi connectivity index (χ1v) is 6.77. The molecule has 0 aliphatic carbocycles. The van der Waals surface area contributed by atoms with Gasteiger partial charge < -0.3 is 9.42 Å². The van der Waals surface area contributed by atoms with Crippen molar-refractivity contribution in [2.45, 2.75) is 6.54 Å². The second kappa shape index (κ2) is 6.17. The molecule has 0 atom stereocenters. The monoisotopic (exact) mass is 294 g/mol. The highest BCUT2D eigenvalue weighted by molar-refractivity contribution is 5.89. The van der Waals surface area contributed by atoms with Crippen LogP contribution in [0.25, 0.3) is 11.4 Å². The second-order valence-corrected chi connectivity index (χ2v) is 4.81. The molecule has 6 heteroatoms. The minimum absolute atomic E-state index is 0.0229. The maximum atomic E-state index is 12.3. The van der Waals surface area contributed by atoms with Gasteiger partial charge in [-0.1, -0.05) is 35.5 Å². The number of amides is 1. The quantitative estimate of drug-likeness (QED) is 0.739. The molecule has 0 fully saturated rings. The third-order valence-corrected chi connectivity index (χ3v) is 3.16. The van der Waals surface area contributed by atoms with Gasteiger partial charge in [-0.3, -0.25) is 9.78 Å². The van der Waals surface area contributed by atoms with Gasteiger partial charge in [-0.05, 0) is 17.7 Å². The molecule has 0 saturated heterocycles. The van der Waals surface area contributed by atoms with Crippen LogP contribution in [0.1, 0.15) is 16.2 Å². The Labute approximate surface area is 127 Å². The Balaban J connectivity index is 1.74. The molecule has 6 nitrogen and oxygen atoms in total. The van der Waals surface area contributed by atoms with Crippen LogP contribution in [0.3, 0.4) is 0 Å². The minimum atomic E-state index is -0.309. The van der Waals surface area contributed by atoms with E-state index in [2.05, 4.69) is 15.1 Å². The van der Waals surface area contributed by atoms with Gasteiger partial charge in [0.05, 0.1) is 0 Å². The summed E-state index contributed by atoms with van der Waals surface area (Å²) in [5.41, 5.74) is 1.79. The van der Waals surface area contributed by atoms with Crippen molar-refractivity contribution in [2.75, 3.05) is 7.05 Å². The first kappa shape index (κ1) is 13.9. The van der Waals surface area contributed by atoms with Crippen molar-refractivity contribution in [3.05, 3.63) is 66.3 Å². The Bertz CT molecular complexity index is 756. The minimum Gasteiger partial charge on any atom is -0.333 e. The molecule has 0 saturated carbocycles. The fourth-order valence-corrected chi connectivity index (χ4v) is 2.02. The van der Waals surface area contributed by atoms with E-state index in [0.717, 1.165) is 11.1 Å². The fourth-order valence-electron chi connectivity index (χ4n) is 2.02. The Morgan fingerprint density at radius 2 is 1.86 bits per heavy atom. The van der Waals surface area contributed by atoms with Crippen molar-refractivity contribution in [3.8, 4) is 11.4 Å². The lowest BCUT2D eigenvalue weighted by Gasteiger charge is -2.14. The molecule has 0 radical (unpaired) electrons. The van der Waals surface area contributed by atoms with Crippen LogP contribution in [0.2, 0.25) is 0 Å². The molecule has 0 N–H and O–H groups in total. The van der Waals surface area contributed by atoms with Crippen molar-refractivity contribution in [1.29, 1.82) is 0 Å². The van der Waals surface area contributed by atoms with Gasteiger partial charge in [0.15, 0.2) is 0 Å². The van der Waals surface area contributed by atoms with E-state index >= 15 is 0 Å². The number of aromatic nitrogens is 3. The van der Waals surface area contributed by atoms with E-state index in [1.807, 2.05) is 30.3 Å². The molecule has 0 spiro atoms. The lowest BCUT2D eigenvalue weighted by Crippen LogP contribution is -2.26. The molecule has 0 aliphatic heterocycles. The van der Waals surface area contributed by atoms with Crippen molar-refractivity contribution < 1.29 is 9.32 Å². The summed E-state index contributed by atoms with van der Waals surface area (Å²) in [6, 6.07) is 13.2. The van der Waals surface area contributed by atoms with Gasteiger partial charge in [-0.25, -0.2) is 0 Å².